The largest absolute Gasteiger partial charge is 0.408 e. The van der Waals surface area contributed by atoms with E-state index in [0.717, 1.165) is 34.8 Å². The number of hydrogen-bond acceptors (Lipinski definition) is 3. The van der Waals surface area contributed by atoms with Gasteiger partial charge in [-0.1, -0.05) is 17.7 Å². The van der Waals surface area contributed by atoms with E-state index >= 15 is 0 Å². The molecule has 0 N–H and O–H groups in total. The SMILES string of the molecule is CN(Sc1cncc(F)c1)C(c1ccc(Cl)c(F)c1)C(F)(F)F. The van der Waals surface area contributed by atoms with Crippen LogP contribution in [0, 0.1) is 11.6 Å². The summed E-state index contributed by atoms with van der Waals surface area (Å²) in [6.45, 7) is 0. The molecule has 124 valence electrons. The number of pyridine rings is 1. The standard InChI is InChI=1S/C14H10ClF5N2S/c1-22(23-10-5-9(16)6-21-7-10)13(14(18,19)20)8-2-3-11(15)12(17)4-8/h2-7,13H,1H3. The van der Waals surface area contributed by atoms with Crippen molar-refractivity contribution in [3.63, 3.8) is 0 Å². The van der Waals surface area contributed by atoms with Crippen molar-refractivity contribution in [2.24, 2.45) is 0 Å². The summed E-state index contributed by atoms with van der Waals surface area (Å²) in [5.74, 6) is -1.60. The molecule has 1 aromatic heterocycles. The van der Waals surface area contributed by atoms with Gasteiger partial charge >= 0.3 is 6.18 Å². The maximum Gasteiger partial charge on any atom is 0.408 e. The molecule has 2 nitrogen and oxygen atoms in total. The molecule has 9 heteroatoms. The quantitative estimate of drug-likeness (QED) is 0.541. The fraction of sp³-hybridized carbons (Fsp3) is 0.214. The van der Waals surface area contributed by atoms with Gasteiger partial charge in [-0.15, -0.1) is 0 Å². The van der Waals surface area contributed by atoms with Crippen LogP contribution in [0.15, 0.2) is 41.6 Å². The lowest BCUT2D eigenvalue weighted by atomic mass is 10.1. The third-order valence-corrected chi connectivity index (χ3v) is 4.10. The molecule has 0 amide bonds. The first kappa shape index (κ1) is 18.0. The Morgan fingerprint density at radius 1 is 1.17 bits per heavy atom. The van der Waals surface area contributed by atoms with Crippen molar-refractivity contribution in [2.45, 2.75) is 17.1 Å². The van der Waals surface area contributed by atoms with Gasteiger partial charge in [0.2, 0.25) is 0 Å². The van der Waals surface area contributed by atoms with E-state index in [-0.39, 0.29) is 15.5 Å². The summed E-state index contributed by atoms with van der Waals surface area (Å²) in [7, 11) is 1.18. The zero-order valence-electron chi connectivity index (χ0n) is 11.6. The lowest BCUT2D eigenvalue weighted by Gasteiger charge is -2.29. The summed E-state index contributed by atoms with van der Waals surface area (Å²) in [5, 5.41) is -0.265. The molecule has 0 spiro atoms. The molecule has 0 fully saturated rings. The van der Waals surface area contributed by atoms with Crippen LogP contribution in [0.5, 0.6) is 0 Å². The van der Waals surface area contributed by atoms with Crippen LogP contribution < -0.4 is 0 Å². The monoisotopic (exact) mass is 368 g/mol. The number of halogens is 6. The van der Waals surface area contributed by atoms with Crippen LogP contribution in [0.1, 0.15) is 11.6 Å². The molecule has 0 radical (unpaired) electrons. The molecule has 2 aromatic rings. The van der Waals surface area contributed by atoms with E-state index in [4.69, 9.17) is 11.6 Å². The van der Waals surface area contributed by atoms with Gasteiger partial charge in [0.05, 0.1) is 11.2 Å². The van der Waals surface area contributed by atoms with Crippen molar-refractivity contribution in [1.29, 1.82) is 0 Å². The topological polar surface area (TPSA) is 16.1 Å². The Hall–Kier alpha value is -1.38. The maximum atomic E-state index is 13.5. The predicted octanol–water partition coefficient (Wildman–Crippen LogP) is 5.26. The highest BCUT2D eigenvalue weighted by Crippen LogP contribution is 2.42. The van der Waals surface area contributed by atoms with Crippen molar-refractivity contribution in [2.75, 3.05) is 7.05 Å². The van der Waals surface area contributed by atoms with Crippen LogP contribution in [-0.2, 0) is 0 Å². The summed E-state index contributed by atoms with van der Waals surface area (Å²) in [6.07, 6.45) is -2.48. The Kier molecular flexibility index (Phi) is 5.49. The van der Waals surface area contributed by atoms with Crippen molar-refractivity contribution in [3.8, 4) is 0 Å². The molecule has 1 unspecified atom stereocenters. The number of rotatable bonds is 4. The van der Waals surface area contributed by atoms with Crippen LogP contribution in [0.25, 0.3) is 0 Å². The molecule has 0 aliphatic carbocycles. The highest BCUT2D eigenvalue weighted by Gasteiger charge is 2.44. The van der Waals surface area contributed by atoms with E-state index in [9.17, 15) is 22.0 Å². The van der Waals surface area contributed by atoms with Gasteiger partial charge < -0.3 is 0 Å². The molecule has 0 aliphatic rings. The summed E-state index contributed by atoms with van der Waals surface area (Å²) in [4.78, 5) is 3.77. The smallest absolute Gasteiger partial charge is 0.260 e. The number of hydrogen-bond donors (Lipinski definition) is 0. The van der Waals surface area contributed by atoms with Crippen LogP contribution in [0.2, 0.25) is 5.02 Å². The summed E-state index contributed by atoms with van der Waals surface area (Å²) < 4.78 is 67.6. The average molecular weight is 369 g/mol. The molecular formula is C14H10ClF5N2S. The van der Waals surface area contributed by atoms with Crippen LogP contribution in [0.4, 0.5) is 22.0 Å². The maximum absolute atomic E-state index is 13.5. The molecule has 0 bridgehead atoms. The van der Waals surface area contributed by atoms with Gasteiger partial charge in [-0.3, -0.25) is 4.98 Å². The minimum Gasteiger partial charge on any atom is -0.260 e. The van der Waals surface area contributed by atoms with Crippen LogP contribution in [0.3, 0.4) is 0 Å². The van der Waals surface area contributed by atoms with E-state index in [1.54, 1.807) is 0 Å². The minimum absolute atomic E-state index is 0.191. The van der Waals surface area contributed by atoms with Gasteiger partial charge in [-0.25, -0.2) is 13.1 Å². The van der Waals surface area contributed by atoms with E-state index in [0.29, 0.717) is 11.9 Å². The van der Waals surface area contributed by atoms with E-state index in [1.165, 1.54) is 13.2 Å². The molecule has 2 rings (SSSR count). The normalized spacial score (nSPS) is 13.4. The second kappa shape index (κ2) is 7.02. The fourth-order valence-corrected chi connectivity index (χ4v) is 3.02. The number of benzene rings is 1. The lowest BCUT2D eigenvalue weighted by molar-refractivity contribution is -0.169. The number of alkyl halides is 3. The Morgan fingerprint density at radius 3 is 2.43 bits per heavy atom. The van der Waals surface area contributed by atoms with Gasteiger partial charge in [0, 0.05) is 11.1 Å². The van der Waals surface area contributed by atoms with E-state index in [2.05, 4.69) is 4.98 Å². The Morgan fingerprint density at radius 2 is 1.87 bits per heavy atom. The Labute approximate surface area is 138 Å². The van der Waals surface area contributed by atoms with E-state index < -0.39 is 23.9 Å². The van der Waals surface area contributed by atoms with Crippen molar-refractivity contribution < 1.29 is 22.0 Å². The van der Waals surface area contributed by atoms with Gasteiger partial charge in [-0.2, -0.15) is 13.2 Å². The van der Waals surface area contributed by atoms with Crippen molar-refractivity contribution >= 4 is 23.5 Å². The molecule has 0 aliphatic heterocycles. The summed E-state index contributed by atoms with van der Waals surface area (Å²) in [5.41, 5.74) is -0.307. The molecule has 23 heavy (non-hydrogen) atoms. The fourth-order valence-electron chi connectivity index (χ4n) is 1.95. The third-order valence-electron chi connectivity index (χ3n) is 2.86. The van der Waals surface area contributed by atoms with Crippen molar-refractivity contribution in [3.05, 3.63) is 58.9 Å². The highest BCUT2D eigenvalue weighted by atomic mass is 35.5. The average Bonchev–Trinajstić information content (AvgIpc) is 2.41. The molecule has 0 saturated heterocycles. The second-order valence-corrected chi connectivity index (χ2v) is 6.23. The third kappa shape index (κ3) is 4.55. The number of nitrogens with zero attached hydrogens (tertiary/aromatic N) is 2. The first-order chi connectivity index (χ1) is 10.7. The van der Waals surface area contributed by atoms with Gasteiger partial charge in [0.1, 0.15) is 17.7 Å². The molecule has 1 aromatic carbocycles. The minimum atomic E-state index is -4.66. The van der Waals surface area contributed by atoms with Crippen molar-refractivity contribution in [1.82, 2.24) is 9.29 Å². The Bertz CT molecular complexity index is 695. The van der Waals surface area contributed by atoms with Gasteiger partial charge in [0.15, 0.2) is 0 Å². The van der Waals surface area contributed by atoms with E-state index in [1.807, 2.05) is 0 Å². The van der Waals surface area contributed by atoms with Crippen LogP contribution in [-0.4, -0.2) is 22.5 Å². The first-order valence-electron chi connectivity index (χ1n) is 6.21. The van der Waals surface area contributed by atoms with Gasteiger partial charge in [-0.05, 0) is 42.8 Å². The molecule has 0 saturated carbocycles. The molecule has 1 atom stereocenters. The van der Waals surface area contributed by atoms with Gasteiger partial charge in [0.25, 0.3) is 0 Å². The summed E-state index contributed by atoms with van der Waals surface area (Å²) in [6, 6.07) is 1.87. The Balaban J connectivity index is 2.32. The number of aromatic nitrogens is 1. The second-order valence-electron chi connectivity index (χ2n) is 4.59. The zero-order valence-corrected chi connectivity index (χ0v) is 13.2. The first-order valence-corrected chi connectivity index (χ1v) is 7.36. The lowest BCUT2D eigenvalue weighted by Crippen LogP contribution is -2.32. The summed E-state index contributed by atoms with van der Waals surface area (Å²) >= 11 is 6.15. The van der Waals surface area contributed by atoms with Crippen LogP contribution >= 0.6 is 23.5 Å². The predicted molar refractivity (Wildman–Crippen MR) is 78.0 cm³/mol. The molecule has 1 heterocycles. The molecular weight excluding hydrogens is 359 g/mol. The highest BCUT2D eigenvalue weighted by molar-refractivity contribution is 7.97. The zero-order chi connectivity index (χ0) is 17.2.